The van der Waals surface area contributed by atoms with E-state index in [-0.39, 0.29) is 6.03 Å². The van der Waals surface area contributed by atoms with Crippen LogP contribution in [0.5, 0.6) is 5.75 Å². The Labute approximate surface area is 151 Å². The number of anilines is 2. The van der Waals surface area contributed by atoms with Gasteiger partial charge >= 0.3 is 6.03 Å². The number of urea groups is 1. The number of hydrogen-bond acceptors (Lipinski definition) is 3. The largest absolute Gasteiger partial charge is 0.480 e. The molecule has 2 aromatic carbocycles. The second-order valence-electron chi connectivity index (χ2n) is 5.99. The van der Waals surface area contributed by atoms with Crippen LogP contribution < -0.4 is 15.4 Å². The van der Waals surface area contributed by atoms with Crippen molar-refractivity contribution in [1.29, 1.82) is 0 Å². The molecular formula is C19H19ClN2O3. The van der Waals surface area contributed by atoms with Crippen molar-refractivity contribution in [3.05, 3.63) is 59.1 Å². The summed E-state index contributed by atoms with van der Waals surface area (Å²) in [4.78, 5) is 12.1. The molecule has 1 unspecified atom stereocenters. The number of para-hydroxylation sites is 1. The fraction of sp³-hybridized carbons (Fsp3) is 0.211. The molecular weight excluding hydrogens is 340 g/mol. The molecule has 0 spiro atoms. The third-order valence-electron chi connectivity index (χ3n) is 3.78. The first kappa shape index (κ1) is 17.3. The Balaban J connectivity index is 1.70. The van der Waals surface area contributed by atoms with Crippen LogP contribution in [-0.2, 0) is 4.74 Å². The minimum Gasteiger partial charge on any atom is -0.480 e. The van der Waals surface area contributed by atoms with Crippen molar-refractivity contribution in [1.82, 2.24) is 0 Å². The van der Waals surface area contributed by atoms with Gasteiger partial charge in [-0.15, -0.1) is 0 Å². The lowest BCUT2D eigenvalue weighted by atomic mass is 10.0. The number of hydrogen-bond donors (Lipinski definition) is 2. The number of nitrogens with one attached hydrogen (secondary N) is 2. The van der Waals surface area contributed by atoms with E-state index in [1.165, 1.54) is 0 Å². The van der Waals surface area contributed by atoms with Gasteiger partial charge in [-0.05, 0) is 43.3 Å². The summed E-state index contributed by atoms with van der Waals surface area (Å²) in [5.74, 6) is 0.749. The number of carbonyl (C=O) groups is 1. The normalized spacial score (nSPS) is 18.2. The SMILES string of the molecule is COCC1(C)C=Cc2cc(NC(=O)Nc3ccccc3Cl)ccc2O1. The maximum absolute atomic E-state index is 12.1. The summed E-state index contributed by atoms with van der Waals surface area (Å²) in [5.41, 5.74) is 1.62. The Kier molecular flexibility index (Phi) is 4.97. The third-order valence-corrected chi connectivity index (χ3v) is 4.11. The van der Waals surface area contributed by atoms with Crippen LogP contribution in [0.25, 0.3) is 6.08 Å². The first-order chi connectivity index (χ1) is 12.0. The van der Waals surface area contributed by atoms with Gasteiger partial charge in [-0.25, -0.2) is 4.79 Å². The minimum absolute atomic E-state index is 0.363. The van der Waals surface area contributed by atoms with Crippen molar-refractivity contribution in [3.8, 4) is 5.75 Å². The van der Waals surface area contributed by atoms with Crippen LogP contribution in [0.4, 0.5) is 16.2 Å². The van der Waals surface area contributed by atoms with Crippen LogP contribution in [0.3, 0.4) is 0 Å². The number of ether oxygens (including phenoxy) is 2. The summed E-state index contributed by atoms with van der Waals surface area (Å²) < 4.78 is 11.2. The molecule has 2 N–H and O–H groups in total. The quantitative estimate of drug-likeness (QED) is 0.825. The lowest BCUT2D eigenvalue weighted by Crippen LogP contribution is -2.36. The van der Waals surface area contributed by atoms with Crippen molar-refractivity contribution >= 4 is 35.1 Å². The third kappa shape index (κ3) is 4.13. The van der Waals surface area contributed by atoms with Gasteiger partial charge < -0.3 is 20.1 Å². The first-order valence-electron chi connectivity index (χ1n) is 7.83. The van der Waals surface area contributed by atoms with Gasteiger partial charge in [0.2, 0.25) is 0 Å². The highest BCUT2D eigenvalue weighted by Gasteiger charge is 2.27. The average molecular weight is 359 g/mol. The van der Waals surface area contributed by atoms with Crippen LogP contribution in [-0.4, -0.2) is 25.3 Å². The molecule has 0 aromatic heterocycles. The molecule has 5 nitrogen and oxygen atoms in total. The maximum atomic E-state index is 12.1. The smallest absolute Gasteiger partial charge is 0.323 e. The van der Waals surface area contributed by atoms with Gasteiger partial charge in [0.15, 0.2) is 0 Å². The van der Waals surface area contributed by atoms with Crippen molar-refractivity contribution in [2.24, 2.45) is 0 Å². The van der Waals surface area contributed by atoms with Gasteiger partial charge in [-0.2, -0.15) is 0 Å². The molecule has 1 aliphatic heterocycles. The van der Waals surface area contributed by atoms with E-state index >= 15 is 0 Å². The summed E-state index contributed by atoms with van der Waals surface area (Å²) >= 11 is 6.04. The summed E-state index contributed by atoms with van der Waals surface area (Å²) in [7, 11) is 1.64. The molecule has 1 atom stereocenters. The summed E-state index contributed by atoms with van der Waals surface area (Å²) in [6.07, 6.45) is 3.92. The number of benzene rings is 2. The number of fused-ring (bicyclic) bond motifs is 1. The monoisotopic (exact) mass is 358 g/mol. The molecule has 0 saturated carbocycles. The van der Waals surface area contributed by atoms with Crippen LogP contribution >= 0.6 is 11.6 Å². The molecule has 2 aromatic rings. The predicted molar refractivity (Wildman–Crippen MR) is 100 cm³/mol. The van der Waals surface area contributed by atoms with E-state index < -0.39 is 5.60 Å². The molecule has 1 aliphatic rings. The summed E-state index contributed by atoms with van der Waals surface area (Å²) in [5, 5.41) is 5.99. The molecule has 0 fully saturated rings. The molecule has 130 valence electrons. The Morgan fingerprint density at radius 2 is 2.04 bits per heavy atom. The first-order valence-corrected chi connectivity index (χ1v) is 8.21. The van der Waals surface area contributed by atoms with Crippen LogP contribution in [0.15, 0.2) is 48.5 Å². The highest BCUT2D eigenvalue weighted by atomic mass is 35.5. The van der Waals surface area contributed by atoms with E-state index in [4.69, 9.17) is 21.1 Å². The highest BCUT2D eigenvalue weighted by Crippen LogP contribution is 2.33. The molecule has 0 radical (unpaired) electrons. The standard InChI is InChI=1S/C19H19ClN2O3/c1-19(12-24-2)10-9-13-11-14(7-8-17(13)25-19)21-18(23)22-16-6-4-3-5-15(16)20/h3-11H,12H2,1-2H3,(H2,21,22,23). The fourth-order valence-corrected chi connectivity index (χ4v) is 2.80. The maximum Gasteiger partial charge on any atom is 0.323 e. The molecule has 25 heavy (non-hydrogen) atoms. The topological polar surface area (TPSA) is 59.6 Å². The molecule has 0 saturated heterocycles. The van der Waals surface area contributed by atoms with E-state index in [1.807, 2.05) is 31.2 Å². The van der Waals surface area contributed by atoms with E-state index in [2.05, 4.69) is 10.6 Å². The number of carbonyl (C=O) groups excluding carboxylic acids is 1. The van der Waals surface area contributed by atoms with Gasteiger partial charge in [0.1, 0.15) is 11.4 Å². The molecule has 1 heterocycles. The predicted octanol–water partition coefficient (Wildman–Crippen LogP) is 4.79. The summed E-state index contributed by atoms with van der Waals surface area (Å²) in [6.45, 7) is 2.42. The van der Waals surface area contributed by atoms with Crippen LogP contribution in [0.2, 0.25) is 5.02 Å². The lowest BCUT2D eigenvalue weighted by Gasteiger charge is -2.31. The highest BCUT2D eigenvalue weighted by molar-refractivity contribution is 6.33. The second-order valence-corrected chi connectivity index (χ2v) is 6.40. The molecule has 6 heteroatoms. The van der Waals surface area contributed by atoms with Crippen molar-refractivity contribution in [3.63, 3.8) is 0 Å². The van der Waals surface area contributed by atoms with Crippen LogP contribution in [0, 0.1) is 0 Å². The Morgan fingerprint density at radius 1 is 1.24 bits per heavy atom. The molecule has 0 aliphatic carbocycles. The number of methoxy groups -OCH3 is 1. The van der Waals surface area contributed by atoms with Gasteiger partial charge in [-0.3, -0.25) is 0 Å². The van der Waals surface area contributed by atoms with E-state index in [9.17, 15) is 4.79 Å². The van der Waals surface area contributed by atoms with Gasteiger partial charge in [-0.1, -0.05) is 29.8 Å². The second kappa shape index (κ2) is 7.17. The Bertz CT molecular complexity index is 822. The number of rotatable bonds is 4. The molecule has 3 rings (SSSR count). The van der Waals surface area contributed by atoms with E-state index in [0.29, 0.717) is 23.0 Å². The zero-order valence-electron chi connectivity index (χ0n) is 14.0. The van der Waals surface area contributed by atoms with Crippen molar-refractivity contribution in [2.75, 3.05) is 24.4 Å². The zero-order chi connectivity index (χ0) is 17.9. The Morgan fingerprint density at radius 3 is 2.80 bits per heavy atom. The Hall–Kier alpha value is -2.50. The van der Waals surface area contributed by atoms with Gasteiger partial charge in [0.05, 0.1) is 17.3 Å². The van der Waals surface area contributed by atoms with E-state index in [0.717, 1.165) is 11.3 Å². The number of amides is 2. The van der Waals surface area contributed by atoms with Crippen molar-refractivity contribution < 1.29 is 14.3 Å². The zero-order valence-corrected chi connectivity index (χ0v) is 14.8. The van der Waals surface area contributed by atoms with E-state index in [1.54, 1.807) is 37.4 Å². The fourth-order valence-electron chi connectivity index (χ4n) is 2.61. The lowest BCUT2D eigenvalue weighted by molar-refractivity contribution is 0.0378. The van der Waals surface area contributed by atoms with Crippen LogP contribution in [0.1, 0.15) is 12.5 Å². The molecule has 2 amide bonds. The molecule has 0 bridgehead atoms. The van der Waals surface area contributed by atoms with Crippen molar-refractivity contribution in [2.45, 2.75) is 12.5 Å². The number of halogens is 1. The average Bonchev–Trinajstić information content (AvgIpc) is 2.57. The van der Waals surface area contributed by atoms with Gasteiger partial charge in [0.25, 0.3) is 0 Å². The summed E-state index contributed by atoms with van der Waals surface area (Å²) in [6, 6.07) is 12.2. The minimum atomic E-state index is -0.488. The van der Waals surface area contributed by atoms with Gasteiger partial charge in [0, 0.05) is 18.4 Å².